The molecule has 3 aliphatic rings. The Bertz CT molecular complexity index is 1300. The normalized spacial score (nSPS) is 36.3. The molecule has 10 unspecified atom stereocenters. The Morgan fingerprint density at radius 3 is 2.30 bits per heavy atom. The number of carbonyl (C=O) groups is 1. The molecule has 220 valence electrons. The minimum absolute atomic E-state index is 0.0540. The fraction of sp³-hybridized carbons (Fsp3) is 0.583. The number of allylic oxidation sites excluding steroid dienone is 1. The van der Waals surface area contributed by atoms with Crippen molar-refractivity contribution in [2.75, 3.05) is 20.3 Å². The molecule has 0 spiro atoms. The maximum atomic E-state index is 13.4. The molecule has 2 aliphatic heterocycles. The summed E-state index contributed by atoms with van der Waals surface area (Å²) in [6.45, 7) is 0.756. The summed E-state index contributed by atoms with van der Waals surface area (Å²) < 4.78 is 53.9. The molecule has 40 heavy (non-hydrogen) atoms. The SMILES string of the molecule is COCC1OC(OCC2OC(C)C(O)C(O)C2O)C(OS(=O)(=O)c2cccc3c2C=CC(=[N+]=[N-])C3=O)C(O)C1O. The Hall–Kier alpha value is -2.44. The van der Waals surface area contributed by atoms with E-state index in [0.717, 1.165) is 12.1 Å². The zero-order valence-electron chi connectivity index (χ0n) is 21.4. The third-order valence-electron chi connectivity index (χ3n) is 6.92. The van der Waals surface area contributed by atoms with E-state index in [1.807, 2.05) is 0 Å². The second-order valence-electron chi connectivity index (χ2n) is 9.54. The number of ketones is 1. The largest absolute Gasteiger partial charge is 0.388 e. The van der Waals surface area contributed by atoms with Crippen LogP contribution in [0.5, 0.6) is 0 Å². The number of methoxy groups -OCH3 is 1. The van der Waals surface area contributed by atoms with Gasteiger partial charge in [0.05, 0.1) is 19.3 Å². The van der Waals surface area contributed by atoms with Gasteiger partial charge in [0.1, 0.15) is 47.6 Å². The van der Waals surface area contributed by atoms with Gasteiger partial charge in [-0.15, -0.1) is 0 Å². The average molecular weight is 587 g/mol. The van der Waals surface area contributed by atoms with E-state index in [0.29, 0.717) is 0 Å². The van der Waals surface area contributed by atoms with Crippen molar-refractivity contribution in [3.05, 3.63) is 40.9 Å². The number of hydrogen-bond acceptors (Lipinski definition) is 13. The Balaban J connectivity index is 1.61. The second-order valence-corrected chi connectivity index (χ2v) is 11.1. The first-order chi connectivity index (χ1) is 18.9. The Morgan fingerprint density at radius 2 is 1.62 bits per heavy atom. The zero-order valence-corrected chi connectivity index (χ0v) is 22.2. The molecule has 4 rings (SSSR count). The fourth-order valence-electron chi connectivity index (χ4n) is 4.69. The number of nitrogens with zero attached hydrogens (tertiary/aromatic N) is 2. The molecule has 2 heterocycles. The van der Waals surface area contributed by atoms with Crippen LogP contribution < -0.4 is 0 Å². The van der Waals surface area contributed by atoms with Gasteiger partial charge < -0.3 is 50.0 Å². The summed E-state index contributed by atoms with van der Waals surface area (Å²) in [5, 5.41) is 51.7. The van der Waals surface area contributed by atoms with Gasteiger partial charge in [0, 0.05) is 24.3 Å². The predicted molar refractivity (Wildman–Crippen MR) is 131 cm³/mol. The van der Waals surface area contributed by atoms with E-state index >= 15 is 0 Å². The minimum atomic E-state index is -4.77. The first-order valence-electron chi connectivity index (χ1n) is 12.2. The highest BCUT2D eigenvalue weighted by Crippen LogP contribution is 2.32. The van der Waals surface area contributed by atoms with Crippen molar-refractivity contribution in [3.63, 3.8) is 0 Å². The molecule has 2 fully saturated rings. The zero-order chi connectivity index (χ0) is 29.4. The fourth-order valence-corrected chi connectivity index (χ4v) is 5.99. The van der Waals surface area contributed by atoms with E-state index in [1.165, 1.54) is 32.2 Å². The van der Waals surface area contributed by atoms with E-state index < -0.39 is 88.6 Å². The topological polar surface area (TPSA) is 235 Å². The lowest BCUT2D eigenvalue weighted by Gasteiger charge is -2.43. The van der Waals surface area contributed by atoms with Crippen LogP contribution in [0, 0.1) is 0 Å². The van der Waals surface area contributed by atoms with E-state index in [9.17, 15) is 38.7 Å². The molecule has 1 aromatic carbocycles. The quantitative estimate of drug-likeness (QED) is 0.122. The third-order valence-corrected chi connectivity index (χ3v) is 8.29. The Morgan fingerprint density at radius 1 is 0.950 bits per heavy atom. The molecule has 1 aliphatic carbocycles. The van der Waals surface area contributed by atoms with Gasteiger partial charge in [-0.2, -0.15) is 13.2 Å². The second kappa shape index (κ2) is 12.2. The molecule has 0 bridgehead atoms. The Kier molecular flexibility index (Phi) is 9.31. The van der Waals surface area contributed by atoms with E-state index in [-0.39, 0.29) is 23.4 Å². The number of ether oxygens (including phenoxy) is 4. The third kappa shape index (κ3) is 5.80. The number of Topliss-reactive ketones (excluding diaryl/α,β-unsaturated/α-hetero) is 1. The smallest absolute Gasteiger partial charge is 0.362 e. The van der Waals surface area contributed by atoms with E-state index in [4.69, 9.17) is 28.7 Å². The van der Waals surface area contributed by atoms with Crippen LogP contribution in [-0.4, -0.2) is 132 Å². The number of carbonyl (C=O) groups excluding carboxylic acids is 1. The van der Waals surface area contributed by atoms with Crippen molar-refractivity contribution in [1.29, 1.82) is 0 Å². The molecule has 10 atom stereocenters. The summed E-state index contributed by atoms with van der Waals surface area (Å²) >= 11 is 0. The first kappa shape index (κ1) is 30.5. The molecule has 0 radical (unpaired) electrons. The van der Waals surface area contributed by atoms with Crippen molar-refractivity contribution in [3.8, 4) is 0 Å². The van der Waals surface area contributed by atoms with Crippen LogP contribution in [-0.2, 0) is 33.2 Å². The summed E-state index contributed by atoms with van der Waals surface area (Å²) in [6, 6.07) is 3.76. The van der Waals surface area contributed by atoms with Gasteiger partial charge in [-0.1, -0.05) is 12.1 Å². The lowest BCUT2D eigenvalue weighted by Crippen LogP contribution is -2.62. The van der Waals surface area contributed by atoms with Crippen LogP contribution in [0.4, 0.5) is 0 Å². The van der Waals surface area contributed by atoms with E-state index in [2.05, 4.69) is 4.79 Å². The van der Waals surface area contributed by atoms with Crippen LogP contribution in [0.3, 0.4) is 0 Å². The molecule has 2 saturated heterocycles. The molecule has 1 aromatic rings. The van der Waals surface area contributed by atoms with Crippen LogP contribution in [0.15, 0.2) is 29.2 Å². The maximum Gasteiger partial charge on any atom is 0.362 e. The van der Waals surface area contributed by atoms with Crippen LogP contribution in [0.1, 0.15) is 22.8 Å². The van der Waals surface area contributed by atoms with Gasteiger partial charge in [0.15, 0.2) is 12.4 Å². The van der Waals surface area contributed by atoms with Gasteiger partial charge >= 0.3 is 5.71 Å². The molecule has 0 amide bonds. The minimum Gasteiger partial charge on any atom is -0.388 e. The van der Waals surface area contributed by atoms with Gasteiger partial charge in [-0.05, 0) is 19.1 Å². The lowest BCUT2D eigenvalue weighted by atomic mass is 9.95. The van der Waals surface area contributed by atoms with Crippen LogP contribution >= 0.6 is 0 Å². The van der Waals surface area contributed by atoms with Crippen molar-refractivity contribution >= 4 is 27.7 Å². The highest BCUT2D eigenvalue weighted by atomic mass is 32.2. The molecule has 0 aromatic heterocycles. The van der Waals surface area contributed by atoms with Gasteiger partial charge in [-0.3, -0.25) is 8.98 Å². The lowest BCUT2D eigenvalue weighted by molar-refractivity contribution is -0.309. The van der Waals surface area contributed by atoms with Crippen LogP contribution in [0.2, 0.25) is 0 Å². The highest BCUT2D eigenvalue weighted by molar-refractivity contribution is 7.86. The molecule has 15 nitrogen and oxygen atoms in total. The van der Waals surface area contributed by atoms with Crippen molar-refractivity contribution in [2.24, 2.45) is 0 Å². The summed E-state index contributed by atoms with van der Waals surface area (Å²) in [7, 11) is -3.46. The standard InChI is InChI=1S/C24H30N2O13S/c1-10-17(27)21(31)19(29)15(37-10)9-36-24-23(22(32)20(30)14(38-24)8-35-2)39-40(33,34)16-5-3-4-12-11(16)6-7-13(26-25)18(12)28/h3-7,10,14-15,17,19-24,27,29-32H,8-9H2,1-2H3. The average Bonchev–Trinajstić information content (AvgIpc) is 2.93. The molecular weight excluding hydrogens is 556 g/mol. The number of fused-ring (bicyclic) bond motifs is 1. The first-order valence-corrected chi connectivity index (χ1v) is 13.6. The number of hydrogen-bond donors (Lipinski definition) is 5. The summed E-state index contributed by atoms with van der Waals surface area (Å²) in [6.07, 6.45) is -12.4. The van der Waals surface area contributed by atoms with Crippen LogP contribution in [0.25, 0.3) is 11.6 Å². The molecule has 16 heteroatoms. The van der Waals surface area contributed by atoms with Gasteiger partial charge in [0.25, 0.3) is 15.9 Å². The highest BCUT2D eigenvalue weighted by Gasteiger charge is 2.50. The number of aliphatic hydroxyl groups is 5. The monoisotopic (exact) mass is 586 g/mol. The number of rotatable bonds is 8. The number of aliphatic hydroxyl groups excluding tert-OH is 5. The van der Waals surface area contributed by atoms with Crippen molar-refractivity contribution < 1.29 is 66.7 Å². The van der Waals surface area contributed by atoms with Crippen molar-refractivity contribution in [2.45, 2.75) is 73.0 Å². The van der Waals surface area contributed by atoms with Crippen molar-refractivity contribution in [1.82, 2.24) is 0 Å². The molecule has 0 saturated carbocycles. The van der Waals surface area contributed by atoms with Gasteiger partial charge in [-0.25, -0.2) is 0 Å². The van der Waals surface area contributed by atoms with Gasteiger partial charge in [0.2, 0.25) is 0 Å². The summed E-state index contributed by atoms with van der Waals surface area (Å²) in [5.74, 6) is -0.732. The van der Waals surface area contributed by atoms with E-state index in [1.54, 1.807) is 0 Å². The predicted octanol–water partition coefficient (Wildman–Crippen LogP) is -2.38. The summed E-state index contributed by atoms with van der Waals surface area (Å²) in [4.78, 5) is 14.9. The Labute approximate surface area is 228 Å². The maximum absolute atomic E-state index is 13.4. The number of benzene rings is 1. The summed E-state index contributed by atoms with van der Waals surface area (Å²) in [5.41, 5.74) is 8.57. The molecule has 5 N–H and O–H groups in total. The molecular formula is C24H30N2O13S.